The highest BCUT2D eigenvalue weighted by Gasteiger charge is 2.12. The SMILES string of the molecule is CC(C)n1ccnc1Nc1nc2ccc(C(=O)Nc3ccc4cn[nH]c4c3)cc2[nH]1. The van der Waals surface area contributed by atoms with Gasteiger partial charge in [-0.3, -0.25) is 15.2 Å². The summed E-state index contributed by atoms with van der Waals surface area (Å²) in [4.78, 5) is 24.8. The molecule has 0 bridgehead atoms. The van der Waals surface area contributed by atoms with Crippen molar-refractivity contribution in [2.24, 2.45) is 0 Å². The molecule has 5 aromatic rings. The van der Waals surface area contributed by atoms with Crippen molar-refractivity contribution in [2.45, 2.75) is 19.9 Å². The van der Waals surface area contributed by atoms with Crippen molar-refractivity contribution >= 4 is 45.4 Å². The number of aromatic nitrogens is 6. The summed E-state index contributed by atoms with van der Waals surface area (Å²) in [6.45, 7) is 4.17. The highest BCUT2D eigenvalue weighted by molar-refractivity contribution is 6.06. The summed E-state index contributed by atoms with van der Waals surface area (Å²) >= 11 is 0. The fourth-order valence-corrected chi connectivity index (χ4v) is 3.36. The molecule has 0 saturated carbocycles. The van der Waals surface area contributed by atoms with Gasteiger partial charge in [0.05, 0.1) is 22.7 Å². The highest BCUT2D eigenvalue weighted by atomic mass is 16.1. The Balaban J connectivity index is 1.37. The van der Waals surface area contributed by atoms with Gasteiger partial charge in [-0.15, -0.1) is 0 Å². The van der Waals surface area contributed by atoms with Gasteiger partial charge >= 0.3 is 0 Å². The van der Waals surface area contributed by atoms with Crippen LogP contribution in [0.5, 0.6) is 0 Å². The van der Waals surface area contributed by atoms with Crippen molar-refractivity contribution in [2.75, 3.05) is 10.6 Å². The first-order chi connectivity index (χ1) is 14.6. The van der Waals surface area contributed by atoms with E-state index >= 15 is 0 Å². The number of amides is 1. The van der Waals surface area contributed by atoms with Crippen LogP contribution in [0, 0.1) is 0 Å². The fourth-order valence-electron chi connectivity index (χ4n) is 3.36. The molecule has 1 amide bonds. The highest BCUT2D eigenvalue weighted by Crippen LogP contribution is 2.22. The molecule has 4 N–H and O–H groups in total. The van der Waals surface area contributed by atoms with Crippen LogP contribution in [-0.2, 0) is 0 Å². The quantitative estimate of drug-likeness (QED) is 0.353. The van der Waals surface area contributed by atoms with Crippen LogP contribution in [0.3, 0.4) is 0 Å². The van der Waals surface area contributed by atoms with Gasteiger partial charge in [0.15, 0.2) is 0 Å². The van der Waals surface area contributed by atoms with E-state index in [0.29, 0.717) is 23.1 Å². The Morgan fingerprint density at radius 2 is 2.03 bits per heavy atom. The van der Waals surface area contributed by atoms with Crippen molar-refractivity contribution in [3.8, 4) is 0 Å². The Morgan fingerprint density at radius 3 is 2.90 bits per heavy atom. The Kier molecular flexibility index (Phi) is 4.20. The summed E-state index contributed by atoms with van der Waals surface area (Å²) in [7, 11) is 0. The van der Waals surface area contributed by atoms with E-state index in [1.54, 1.807) is 24.5 Å². The molecule has 2 aromatic carbocycles. The lowest BCUT2D eigenvalue weighted by Crippen LogP contribution is -2.11. The lowest BCUT2D eigenvalue weighted by molar-refractivity contribution is 0.102. The number of nitrogens with zero attached hydrogens (tertiary/aromatic N) is 4. The third-order valence-corrected chi connectivity index (χ3v) is 4.90. The number of H-pyrrole nitrogens is 2. The molecule has 30 heavy (non-hydrogen) atoms. The van der Waals surface area contributed by atoms with Crippen LogP contribution in [-0.4, -0.2) is 35.6 Å². The topological polar surface area (TPSA) is 116 Å². The van der Waals surface area contributed by atoms with Gasteiger partial charge in [-0.25, -0.2) is 9.97 Å². The van der Waals surface area contributed by atoms with Gasteiger partial charge in [0.2, 0.25) is 11.9 Å². The monoisotopic (exact) mass is 400 g/mol. The van der Waals surface area contributed by atoms with Gasteiger partial charge in [-0.2, -0.15) is 5.10 Å². The van der Waals surface area contributed by atoms with Crippen LogP contribution < -0.4 is 10.6 Å². The normalized spacial score (nSPS) is 11.4. The summed E-state index contributed by atoms with van der Waals surface area (Å²) in [5.41, 5.74) is 3.62. The molecule has 9 heteroatoms. The molecule has 0 unspecified atom stereocenters. The average molecular weight is 400 g/mol. The van der Waals surface area contributed by atoms with Gasteiger partial charge in [-0.05, 0) is 50.2 Å². The van der Waals surface area contributed by atoms with Crippen LogP contribution >= 0.6 is 0 Å². The maximum absolute atomic E-state index is 12.7. The number of carbonyl (C=O) groups excluding carboxylic acids is 1. The predicted octanol–water partition coefficient (Wildman–Crippen LogP) is 4.21. The molecular weight excluding hydrogens is 380 g/mol. The average Bonchev–Trinajstić information content (AvgIpc) is 3.46. The van der Waals surface area contributed by atoms with Crippen molar-refractivity contribution < 1.29 is 4.79 Å². The molecule has 0 fully saturated rings. The number of fused-ring (bicyclic) bond motifs is 2. The maximum atomic E-state index is 12.7. The number of nitrogens with one attached hydrogen (secondary N) is 4. The Morgan fingerprint density at radius 1 is 1.13 bits per heavy atom. The third kappa shape index (κ3) is 3.26. The van der Waals surface area contributed by atoms with Crippen molar-refractivity contribution in [3.63, 3.8) is 0 Å². The van der Waals surface area contributed by atoms with E-state index in [2.05, 4.69) is 49.6 Å². The zero-order valence-electron chi connectivity index (χ0n) is 16.5. The van der Waals surface area contributed by atoms with E-state index in [4.69, 9.17) is 0 Å². The zero-order chi connectivity index (χ0) is 20.7. The lowest BCUT2D eigenvalue weighted by atomic mass is 10.1. The van der Waals surface area contributed by atoms with Crippen molar-refractivity contribution in [3.05, 3.63) is 60.6 Å². The van der Waals surface area contributed by atoms with Gasteiger partial charge in [0, 0.05) is 35.1 Å². The molecule has 9 nitrogen and oxygen atoms in total. The van der Waals surface area contributed by atoms with E-state index in [-0.39, 0.29) is 11.9 Å². The zero-order valence-corrected chi connectivity index (χ0v) is 16.5. The molecule has 0 aliphatic rings. The van der Waals surface area contributed by atoms with Crippen LogP contribution in [0.4, 0.5) is 17.6 Å². The smallest absolute Gasteiger partial charge is 0.255 e. The first kappa shape index (κ1) is 17.9. The van der Waals surface area contributed by atoms with E-state index in [1.807, 2.05) is 35.0 Å². The molecule has 0 aliphatic heterocycles. The number of carbonyl (C=O) groups is 1. The van der Waals surface area contributed by atoms with E-state index in [9.17, 15) is 4.79 Å². The van der Waals surface area contributed by atoms with Gasteiger partial charge in [0.1, 0.15) is 0 Å². The first-order valence-electron chi connectivity index (χ1n) is 9.61. The number of rotatable bonds is 5. The standard InChI is InChI=1S/C21H20N8O/c1-12(2)29-8-7-22-21(29)27-20-25-16-6-4-13(9-18(16)26-20)19(30)24-15-5-3-14-11-23-28-17(14)10-15/h3-12H,1-2H3,(H,23,28)(H,24,30)(H2,22,25,26,27). The van der Waals surface area contributed by atoms with Gasteiger partial charge in [0.25, 0.3) is 5.91 Å². The summed E-state index contributed by atoms with van der Waals surface area (Å²) in [6, 6.07) is 11.2. The molecule has 0 radical (unpaired) electrons. The molecule has 5 rings (SSSR count). The molecule has 0 spiro atoms. The molecule has 3 aromatic heterocycles. The Bertz CT molecular complexity index is 1360. The largest absolute Gasteiger partial charge is 0.324 e. The number of imidazole rings is 2. The predicted molar refractivity (Wildman–Crippen MR) is 116 cm³/mol. The Hall–Kier alpha value is -4.14. The second-order valence-corrected chi connectivity index (χ2v) is 7.32. The number of benzene rings is 2. The molecular formula is C21H20N8O. The number of hydrogen-bond acceptors (Lipinski definition) is 5. The van der Waals surface area contributed by atoms with Gasteiger partial charge in [-0.1, -0.05) is 0 Å². The van der Waals surface area contributed by atoms with Crippen LogP contribution in [0.25, 0.3) is 21.9 Å². The van der Waals surface area contributed by atoms with Crippen molar-refractivity contribution in [1.29, 1.82) is 0 Å². The summed E-state index contributed by atoms with van der Waals surface area (Å²) in [5.74, 6) is 1.08. The molecule has 0 aliphatic carbocycles. The minimum Gasteiger partial charge on any atom is -0.324 e. The Labute approximate surface area is 171 Å². The van der Waals surface area contributed by atoms with Crippen molar-refractivity contribution in [1.82, 2.24) is 29.7 Å². The number of hydrogen-bond donors (Lipinski definition) is 4. The van der Waals surface area contributed by atoms with E-state index < -0.39 is 0 Å². The first-order valence-corrected chi connectivity index (χ1v) is 9.61. The summed E-state index contributed by atoms with van der Waals surface area (Å²) in [5, 5.41) is 14.0. The number of aromatic amines is 2. The summed E-state index contributed by atoms with van der Waals surface area (Å²) < 4.78 is 2.02. The second-order valence-electron chi connectivity index (χ2n) is 7.32. The van der Waals surface area contributed by atoms with Gasteiger partial charge < -0.3 is 14.9 Å². The molecule has 150 valence electrons. The van der Waals surface area contributed by atoms with E-state index in [1.165, 1.54) is 0 Å². The minimum atomic E-state index is -0.199. The van der Waals surface area contributed by atoms with Crippen LogP contribution in [0.2, 0.25) is 0 Å². The number of anilines is 3. The van der Waals surface area contributed by atoms with E-state index in [0.717, 1.165) is 21.9 Å². The molecule has 3 heterocycles. The van der Waals surface area contributed by atoms with Crippen LogP contribution in [0.1, 0.15) is 30.2 Å². The molecule has 0 saturated heterocycles. The molecule has 0 atom stereocenters. The summed E-state index contributed by atoms with van der Waals surface area (Å²) in [6.07, 6.45) is 5.40. The fraction of sp³-hybridized carbons (Fsp3) is 0.143. The lowest BCUT2D eigenvalue weighted by Gasteiger charge is -2.10. The second kappa shape index (κ2) is 7.03. The van der Waals surface area contributed by atoms with Crippen LogP contribution in [0.15, 0.2) is 55.0 Å². The minimum absolute atomic E-state index is 0.199. The maximum Gasteiger partial charge on any atom is 0.255 e. The third-order valence-electron chi connectivity index (χ3n) is 4.90.